The van der Waals surface area contributed by atoms with Gasteiger partial charge in [-0.1, -0.05) is 12.2 Å². The highest BCUT2D eigenvalue weighted by molar-refractivity contribution is 5.97. The molecule has 1 aliphatic rings. The standard InChI is InChI=1S/C16H22N2O3/c1-11(2)10-18-7-5-12(6-8-18)17-16(21)14-4-3-13(19)9-15(14)20/h3-4,9,12,19-20H,1,5-8,10H2,2H3,(H,17,21). The van der Waals surface area contributed by atoms with Crippen LogP contribution in [0.3, 0.4) is 0 Å². The number of hydrogen-bond acceptors (Lipinski definition) is 4. The second-order valence-electron chi connectivity index (χ2n) is 5.68. The number of carbonyl (C=O) groups excluding carboxylic acids is 1. The van der Waals surface area contributed by atoms with Gasteiger partial charge in [-0.2, -0.15) is 0 Å². The Kier molecular flexibility index (Phi) is 4.85. The van der Waals surface area contributed by atoms with Crippen LogP contribution in [0.25, 0.3) is 0 Å². The Bertz CT molecular complexity index is 534. The van der Waals surface area contributed by atoms with Crippen LogP contribution in [0.2, 0.25) is 0 Å². The number of hydrogen-bond donors (Lipinski definition) is 3. The summed E-state index contributed by atoms with van der Waals surface area (Å²) in [5, 5.41) is 21.9. The van der Waals surface area contributed by atoms with Gasteiger partial charge in [-0.25, -0.2) is 0 Å². The normalized spacial score (nSPS) is 16.6. The number of carbonyl (C=O) groups is 1. The molecule has 0 bridgehead atoms. The van der Waals surface area contributed by atoms with E-state index < -0.39 is 0 Å². The van der Waals surface area contributed by atoms with E-state index in [9.17, 15) is 15.0 Å². The van der Waals surface area contributed by atoms with Gasteiger partial charge in [0.2, 0.25) is 0 Å². The van der Waals surface area contributed by atoms with Crippen molar-refractivity contribution in [3.63, 3.8) is 0 Å². The van der Waals surface area contributed by atoms with Crippen LogP contribution in [0.5, 0.6) is 11.5 Å². The summed E-state index contributed by atoms with van der Waals surface area (Å²) in [6, 6.07) is 4.11. The molecule has 21 heavy (non-hydrogen) atoms. The first-order chi connectivity index (χ1) is 9.95. The predicted octanol–water partition coefficient (Wildman–Crippen LogP) is 1.87. The smallest absolute Gasteiger partial charge is 0.255 e. The molecule has 1 aliphatic heterocycles. The molecule has 0 radical (unpaired) electrons. The third-order valence-corrected chi connectivity index (χ3v) is 3.64. The van der Waals surface area contributed by atoms with E-state index in [0.717, 1.165) is 38.0 Å². The van der Waals surface area contributed by atoms with Crippen LogP contribution in [-0.4, -0.2) is 46.7 Å². The SMILES string of the molecule is C=C(C)CN1CCC(NC(=O)c2ccc(O)cc2O)CC1. The number of nitrogens with zero attached hydrogens (tertiary/aromatic N) is 1. The van der Waals surface area contributed by atoms with E-state index in [0.29, 0.717) is 0 Å². The van der Waals surface area contributed by atoms with Gasteiger partial charge in [0.25, 0.3) is 5.91 Å². The molecule has 0 aromatic heterocycles. The van der Waals surface area contributed by atoms with Crippen LogP contribution in [-0.2, 0) is 0 Å². The first-order valence-electron chi connectivity index (χ1n) is 7.15. The maximum atomic E-state index is 12.1. The Morgan fingerprint density at radius 3 is 2.62 bits per heavy atom. The van der Waals surface area contributed by atoms with Crippen molar-refractivity contribution in [2.45, 2.75) is 25.8 Å². The van der Waals surface area contributed by atoms with Crippen LogP contribution in [0, 0.1) is 0 Å². The molecule has 0 saturated carbocycles. The number of piperidine rings is 1. The van der Waals surface area contributed by atoms with E-state index >= 15 is 0 Å². The maximum Gasteiger partial charge on any atom is 0.255 e. The third-order valence-electron chi connectivity index (χ3n) is 3.64. The summed E-state index contributed by atoms with van der Waals surface area (Å²) in [7, 11) is 0. The van der Waals surface area contributed by atoms with Crippen molar-refractivity contribution >= 4 is 5.91 Å². The van der Waals surface area contributed by atoms with Gasteiger partial charge in [0.1, 0.15) is 11.5 Å². The largest absolute Gasteiger partial charge is 0.508 e. The summed E-state index contributed by atoms with van der Waals surface area (Å²) >= 11 is 0. The molecule has 1 saturated heterocycles. The monoisotopic (exact) mass is 290 g/mol. The van der Waals surface area contributed by atoms with Gasteiger partial charge in [0, 0.05) is 31.7 Å². The van der Waals surface area contributed by atoms with E-state index in [4.69, 9.17) is 0 Å². The lowest BCUT2D eigenvalue weighted by molar-refractivity contribution is 0.0911. The molecule has 2 rings (SSSR count). The van der Waals surface area contributed by atoms with Gasteiger partial charge >= 0.3 is 0 Å². The number of aromatic hydroxyl groups is 2. The van der Waals surface area contributed by atoms with Gasteiger partial charge in [-0.3, -0.25) is 9.69 Å². The Morgan fingerprint density at radius 2 is 2.05 bits per heavy atom. The van der Waals surface area contributed by atoms with Gasteiger partial charge in [-0.15, -0.1) is 0 Å². The lowest BCUT2D eigenvalue weighted by atomic mass is 10.0. The maximum absolute atomic E-state index is 12.1. The number of phenolic OH excluding ortho intramolecular Hbond substituents is 2. The molecule has 0 spiro atoms. The van der Waals surface area contributed by atoms with Crippen molar-refractivity contribution in [1.82, 2.24) is 10.2 Å². The fourth-order valence-electron chi connectivity index (χ4n) is 2.59. The average Bonchev–Trinajstić information content (AvgIpc) is 2.40. The topological polar surface area (TPSA) is 72.8 Å². The van der Waals surface area contributed by atoms with E-state index in [1.807, 2.05) is 6.92 Å². The molecule has 114 valence electrons. The second kappa shape index (κ2) is 6.63. The van der Waals surface area contributed by atoms with Crippen molar-refractivity contribution < 1.29 is 15.0 Å². The zero-order valence-electron chi connectivity index (χ0n) is 12.3. The van der Waals surface area contributed by atoms with Crippen LogP contribution >= 0.6 is 0 Å². The van der Waals surface area contributed by atoms with E-state index in [1.54, 1.807) is 0 Å². The molecular weight excluding hydrogens is 268 g/mol. The minimum Gasteiger partial charge on any atom is -0.508 e. The molecule has 0 unspecified atom stereocenters. The van der Waals surface area contributed by atoms with Crippen molar-refractivity contribution in [3.05, 3.63) is 35.9 Å². The first kappa shape index (κ1) is 15.4. The quantitative estimate of drug-likeness (QED) is 0.740. The summed E-state index contributed by atoms with van der Waals surface area (Å²) in [6.07, 6.45) is 1.77. The summed E-state index contributed by atoms with van der Waals surface area (Å²) in [4.78, 5) is 14.4. The van der Waals surface area contributed by atoms with E-state index in [2.05, 4.69) is 16.8 Å². The zero-order chi connectivity index (χ0) is 15.4. The van der Waals surface area contributed by atoms with Gasteiger partial charge in [0.05, 0.1) is 5.56 Å². The highest BCUT2D eigenvalue weighted by atomic mass is 16.3. The molecule has 0 aliphatic carbocycles. The van der Waals surface area contributed by atoms with Crippen molar-refractivity contribution in [2.24, 2.45) is 0 Å². The van der Waals surface area contributed by atoms with Crippen molar-refractivity contribution in [2.75, 3.05) is 19.6 Å². The molecular formula is C16H22N2O3. The molecule has 5 heteroatoms. The number of benzene rings is 1. The fraction of sp³-hybridized carbons (Fsp3) is 0.438. The molecule has 3 N–H and O–H groups in total. The van der Waals surface area contributed by atoms with Crippen molar-refractivity contribution in [1.29, 1.82) is 0 Å². The second-order valence-corrected chi connectivity index (χ2v) is 5.68. The van der Waals surface area contributed by atoms with Gasteiger partial charge < -0.3 is 15.5 Å². The Balaban J connectivity index is 1.88. The lowest BCUT2D eigenvalue weighted by Gasteiger charge is -2.32. The lowest BCUT2D eigenvalue weighted by Crippen LogP contribution is -2.44. The minimum absolute atomic E-state index is 0.0582. The first-order valence-corrected chi connectivity index (χ1v) is 7.15. The van der Waals surface area contributed by atoms with Crippen LogP contribution in [0.15, 0.2) is 30.4 Å². The molecule has 1 fully saturated rings. The highest BCUT2D eigenvalue weighted by Gasteiger charge is 2.22. The van der Waals surface area contributed by atoms with Gasteiger partial charge in [0.15, 0.2) is 0 Å². The Morgan fingerprint density at radius 1 is 1.38 bits per heavy atom. The molecule has 1 heterocycles. The fourth-order valence-corrected chi connectivity index (χ4v) is 2.59. The van der Waals surface area contributed by atoms with Crippen LogP contribution in [0.1, 0.15) is 30.1 Å². The summed E-state index contributed by atoms with van der Waals surface area (Å²) in [6.45, 7) is 8.69. The average molecular weight is 290 g/mol. The minimum atomic E-state index is -0.300. The molecule has 5 nitrogen and oxygen atoms in total. The molecule has 1 aromatic rings. The van der Waals surface area contributed by atoms with Crippen LogP contribution in [0.4, 0.5) is 0 Å². The van der Waals surface area contributed by atoms with E-state index in [-0.39, 0.29) is 29.0 Å². The Labute approximate surface area is 124 Å². The number of rotatable bonds is 4. The third kappa shape index (κ3) is 4.23. The molecule has 1 aromatic carbocycles. The van der Waals surface area contributed by atoms with Crippen LogP contribution < -0.4 is 5.32 Å². The summed E-state index contributed by atoms with van der Waals surface area (Å²) in [5.41, 5.74) is 1.34. The zero-order valence-corrected chi connectivity index (χ0v) is 12.3. The van der Waals surface area contributed by atoms with Crippen molar-refractivity contribution in [3.8, 4) is 11.5 Å². The van der Waals surface area contributed by atoms with Gasteiger partial charge in [-0.05, 0) is 31.9 Å². The highest BCUT2D eigenvalue weighted by Crippen LogP contribution is 2.23. The number of likely N-dealkylation sites (tertiary alicyclic amines) is 1. The number of phenols is 2. The molecule has 0 atom stereocenters. The number of amides is 1. The van der Waals surface area contributed by atoms with E-state index in [1.165, 1.54) is 18.2 Å². The molecule has 1 amide bonds. The Hall–Kier alpha value is -2.01. The number of nitrogens with one attached hydrogen (secondary N) is 1. The summed E-state index contributed by atoms with van der Waals surface area (Å²) in [5.74, 6) is -0.560. The predicted molar refractivity (Wildman–Crippen MR) is 81.5 cm³/mol. The summed E-state index contributed by atoms with van der Waals surface area (Å²) < 4.78 is 0.